The summed E-state index contributed by atoms with van der Waals surface area (Å²) < 4.78 is 0.419. The molecule has 0 aromatic rings. The maximum absolute atomic E-state index is 9.89. The largest absolute Gasteiger partial charge is 0.544 e. The summed E-state index contributed by atoms with van der Waals surface area (Å²) in [5.74, 6) is -1.00. The van der Waals surface area contributed by atoms with Gasteiger partial charge in [-0.25, -0.2) is 0 Å². The van der Waals surface area contributed by atoms with Crippen LogP contribution in [0.2, 0.25) is 0 Å². The molecule has 0 aromatic carbocycles. The van der Waals surface area contributed by atoms with Crippen LogP contribution in [0.3, 0.4) is 0 Å². The van der Waals surface area contributed by atoms with Crippen LogP contribution in [0.1, 0.15) is 96.8 Å². The predicted octanol–water partition coefficient (Wildman–Crippen LogP) is 4.47. The van der Waals surface area contributed by atoms with Gasteiger partial charge in [0.05, 0.1) is 27.1 Å². The number of nitrogens with zero attached hydrogens (tertiary/aromatic N) is 2. The van der Waals surface area contributed by atoms with E-state index in [0.29, 0.717) is 4.48 Å². The first-order valence-electron chi connectivity index (χ1n) is 11.3. The van der Waals surface area contributed by atoms with Crippen LogP contribution < -0.4 is 5.11 Å². The zero-order valence-electron chi connectivity index (χ0n) is 19.5. The zero-order valence-corrected chi connectivity index (χ0v) is 19.5. The first-order chi connectivity index (χ1) is 12.7. The van der Waals surface area contributed by atoms with E-state index in [1.54, 1.807) is 21.1 Å². The fourth-order valence-electron chi connectivity index (χ4n) is 3.01. The molecule has 0 aliphatic rings. The highest BCUT2D eigenvalue weighted by molar-refractivity contribution is 5.65. The minimum atomic E-state index is -1.00. The van der Waals surface area contributed by atoms with Crippen molar-refractivity contribution in [3.8, 4) is 0 Å². The number of quaternary nitrogens is 1. The molecule has 0 saturated heterocycles. The number of unbranched alkanes of at least 4 members (excludes halogenated alkanes) is 13. The molecule has 0 spiro atoms. The summed E-state index contributed by atoms with van der Waals surface area (Å²) in [7, 11) is 9.74. The Morgan fingerprint density at radius 2 is 1.04 bits per heavy atom. The van der Waals surface area contributed by atoms with Gasteiger partial charge < -0.3 is 19.3 Å². The Labute approximate surface area is 170 Å². The molecule has 27 heavy (non-hydrogen) atoms. The molecule has 0 atom stereocenters. The molecule has 0 aliphatic carbocycles. The monoisotopic (exact) mass is 386 g/mol. The summed E-state index contributed by atoms with van der Waals surface area (Å²) in [6.07, 6.45) is 20.3. The Balaban J connectivity index is 0. The minimum absolute atomic E-state index is 0.0694. The highest BCUT2D eigenvalue weighted by Crippen LogP contribution is 2.12. The van der Waals surface area contributed by atoms with Gasteiger partial charge in [-0.15, -0.1) is 0 Å². The van der Waals surface area contributed by atoms with Crippen molar-refractivity contribution in [1.29, 1.82) is 0 Å². The molecule has 0 saturated carbocycles. The normalized spacial score (nSPS) is 11.4. The van der Waals surface area contributed by atoms with E-state index in [1.807, 2.05) is 0 Å². The highest BCUT2D eigenvalue weighted by atomic mass is 16.4. The van der Waals surface area contributed by atoms with Crippen molar-refractivity contribution in [2.24, 2.45) is 0 Å². The van der Waals surface area contributed by atoms with Gasteiger partial charge in [-0.1, -0.05) is 90.4 Å². The third-order valence-corrected chi connectivity index (χ3v) is 4.56. The Kier molecular flexibility index (Phi) is 21.3. The Bertz CT molecular complexity index is 312. The molecule has 0 radical (unpaired) electrons. The summed E-state index contributed by atoms with van der Waals surface area (Å²) in [5.41, 5.74) is 0. The van der Waals surface area contributed by atoms with Crippen LogP contribution in [-0.4, -0.2) is 63.7 Å². The fourth-order valence-corrected chi connectivity index (χ4v) is 3.01. The molecule has 0 bridgehead atoms. The molecule has 0 N–H and O–H groups in total. The molecule has 0 unspecified atom stereocenters. The first kappa shape index (κ1) is 28.6. The SMILES string of the molecule is CCCCCCCCCCCCCCCCN(C)C.C[N+](C)(C)CC(=O)[O-]. The number of rotatable bonds is 17. The molecule has 4 heteroatoms. The standard InChI is InChI=1S/C18H39N.C5H11NO2/c1-4-5-6-7-8-9-10-11-12-13-14-15-16-17-18-19(2)3;1-6(2,3)4-5(7)8/h4-18H2,1-3H3;4H2,1-3H3. The number of likely N-dealkylation sites (N-methyl/N-ethyl adjacent to an activating group) is 1. The summed E-state index contributed by atoms with van der Waals surface area (Å²) in [5, 5.41) is 9.89. The quantitative estimate of drug-likeness (QED) is 0.274. The molecule has 0 aromatic heterocycles. The smallest absolute Gasteiger partial charge is 0.118 e. The maximum Gasteiger partial charge on any atom is 0.118 e. The Morgan fingerprint density at radius 3 is 1.26 bits per heavy atom. The first-order valence-corrected chi connectivity index (χ1v) is 11.3. The molecule has 4 nitrogen and oxygen atoms in total. The van der Waals surface area contributed by atoms with Gasteiger partial charge in [-0.3, -0.25) is 0 Å². The van der Waals surface area contributed by atoms with E-state index >= 15 is 0 Å². The van der Waals surface area contributed by atoms with Crippen LogP contribution >= 0.6 is 0 Å². The second kappa shape index (κ2) is 20.1. The summed E-state index contributed by atoms with van der Waals surface area (Å²) in [6.45, 7) is 3.62. The minimum Gasteiger partial charge on any atom is -0.544 e. The number of carbonyl (C=O) groups excluding carboxylic acids is 1. The summed E-state index contributed by atoms with van der Waals surface area (Å²) >= 11 is 0. The highest BCUT2D eigenvalue weighted by Gasteiger charge is 2.04. The average Bonchev–Trinajstić information content (AvgIpc) is 2.53. The topological polar surface area (TPSA) is 43.4 Å². The Hall–Kier alpha value is -0.610. The van der Waals surface area contributed by atoms with Crippen molar-refractivity contribution in [3.05, 3.63) is 0 Å². The van der Waals surface area contributed by atoms with E-state index in [-0.39, 0.29) is 6.54 Å². The third kappa shape index (κ3) is 33.4. The van der Waals surface area contributed by atoms with E-state index in [2.05, 4.69) is 25.9 Å². The van der Waals surface area contributed by atoms with Crippen molar-refractivity contribution >= 4 is 5.97 Å². The lowest BCUT2D eigenvalue weighted by Gasteiger charge is -2.23. The number of carboxylic acids is 1. The van der Waals surface area contributed by atoms with E-state index in [4.69, 9.17) is 0 Å². The number of carbonyl (C=O) groups is 1. The molecule has 0 aliphatic heterocycles. The molecular formula is C23H50N2O2. The Morgan fingerprint density at radius 1 is 0.704 bits per heavy atom. The molecular weight excluding hydrogens is 336 g/mol. The number of aliphatic carboxylic acids is 1. The van der Waals surface area contributed by atoms with E-state index in [0.717, 1.165) is 0 Å². The van der Waals surface area contributed by atoms with Crippen molar-refractivity contribution in [3.63, 3.8) is 0 Å². The maximum atomic E-state index is 9.89. The van der Waals surface area contributed by atoms with Gasteiger partial charge in [-0.2, -0.15) is 0 Å². The lowest BCUT2D eigenvalue weighted by atomic mass is 10.0. The van der Waals surface area contributed by atoms with E-state index < -0.39 is 5.97 Å². The van der Waals surface area contributed by atoms with Crippen LogP contribution in [0.15, 0.2) is 0 Å². The second-order valence-electron chi connectivity index (χ2n) is 9.22. The lowest BCUT2D eigenvalue weighted by Crippen LogP contribution is -2.45. The molecule has 0 rings (SSSR count). The summed E-state index contributed by atoms with van der Waals surface area (Å²) in [4.78, 5) is 12.2. The molecule has 164 valence electrons. The van der Waals surface area contributed by atoms with Crippen LogP contribution in [0.4, 0.5) is 0 Å². The van der Waals surface area contributed by atoms with E-state index in [1.165, 1.54) is 96.4 Å². The lowest BCUT2D eigenvalue weighted by molar-refractivity contribution is -0.864. The predicted molar refractivity (Wildman–Crippen MR) is 117 cm³/mol. The van der Waals surface area contributed by atoms with Crippen LogP contribution in [0, 0.1) is 0 Å². The van der Waals surface area contributed by atoms with Crippen LogP contribution in [0.5, 0.6) is 0 Å². The van der Waals surface area contributed by atoms with Gasteiger partial charge in [0.1, 0.15) is 6.54 Å². The summed E-state index contributed by atoms with van der Waals surface area (Å²) in [6, 6.07) is 0. The molecule has 0 fully saturated rings. The van der Waals surface area contributed by atoms with E-state index in [9.17, 15) is 9.90 Å². The van der Waals surface area contributed by atoms with Gasteiger partial charge in [0.2, 0.25) is 0 Å². The van der Waals surface area contributed by atoms with Crippen molar-refractivity contribution < 1.29 is 14.4 Å². The van der Waals surface area contributed by atoms with Gasteiger partial charge >= 0.3 is 0 Å². The average molecular weight is 387 g/mol. The molecule has 0 amide bonds. The number of carboxylic acid groups (broad SMARTS) is 1. The van der Waals surface area contributed by atoms with Crippen LogP contribution in [0.25, 0.3) is 0 Å². The van der Waals surface area contributed by atoms with Gasteiger partial charge in [0.15, 0.2) is 0 Å². The van der Waals surface area contributed by atoms with Gasteiger partial charge in [-0.05, 0) is 27.1 Å². The van der Waals surface area contributed by atoms with Crippen LogP contribution in [-0.2, 0) is 4.79 Å². The third-order valence-electron chi connectivity index (χ3n) is 4.56. The van der Waals surface area contributed by atoms with Crippen molar-refractivity contribution in [2.45, 2.75) is 96.8 Å². The fraction of sp³-hybridized carbons (Fsp3) is 0.957. The van der Waals surface area contributed by atoms with Crippen molar-refractivity contribution in [2.75, 3.05) is 48.3 Å². The second-order valence-corrected chi connectivity index (χ2v) is 9.22. The van der Waals surface area contributed by atoms with Crippen molar-refractivity contribution in [1.82, 2.24) is 4.90 Å². The number of hydrogen-bond donors (Lipinski definition) is 0. The van der Waals surface area contributed by atoms with Gasteiger partial charge in [0, 0.05) is 0 Å². The molecule has 0 heterocycles. The zero-order chi connectivity index (χ0) is 21.0. The number of hydrogen-bond acceptors (Lipinski definition) is 3. The van der Waals surface area contributed by atoms with Gasteiger partial charge in [0.25, 0.3) is 0 Å².